The Morgan fingerprint density at radius 3 is 2.19 bits per heavy atom. The molecule has 0 fully saturated rings. The molecule has 4 atom stereocenters. The fourth-order valence-corrected chi connectivity index (χ4v) is 11.4. The highest BCUT2D eigenvalue weighted by Gasteiger charge is 2.46. The summed E-state index contributed by atoms with van der Waals surface area (Å²) in [5.41, 5.74) is 5.68. The van der Waals surface area contributed by atoms with E-state index >= 15 is 0 Å². The Labute approximate surface area is 314 Å². The van der Waals surface area contributed by atoms with Crippen LogP contribution in [0.3, 0.4) is 0 Å². The van der Waals surface area contributed by atoms with Gasteiger partial charge in [0.05, 0.1) is 28.3 Å². The number of rotatable bonds is 11. The summed E-state index contributed by atoms with van der Waals surface area (Å²) in [6, 6.07) is 36.2. The number of hydrogen-bond acceptors (Lipinski definition) is 2. The van der Waals surface area contributed by atoms with E-state index in [2.05, 4.69) is 136 Å². The first-order valence-electron chi connectivity index (χ1n) is 19.5. The molecule has 0 amide bonds. The summed E-state index contributed by atoms with van der Waals surface area (Å²) < 4.78 is 32.7. The minimum atomic E-state index is -3.80. The van der Waals surface area contributed by atoms with E-state index in [0.717, 1.165) is 46.7 Å². The number of allylic oxidation sites excluding steroid dienone is 4. The van der Waals surface area contributed by atoms with E-state index in [4.69, 9.17) is 0 Å². The van der Waals surface area contributed by atoms with Crippen molar-refractivity contribution in [2.45, 2.75) is 89.2 Å². The molecule has 0 N–H and O–H groups in total. The molecule has 0 spiro atoms. The van der Waals surface area contributed by atoms with E-state index in [-0.39, 0.29) is 6.04 Å². The number of nitrogens with zero attached hydrogens (tertiary/aromatic N) is 2. The number of sulfone groups is 1. The van der Waals surface area contributed by atoms with E-state index in [1.807, 2.05) is 18.2 Å². The van der Waals surface area contributed by atoms with Crippen molar-refractivity contribution in [3.63, 3.8) is 0 Å². The second-order valence-corrected chi connectivity index (χ2v) is 17.3. The van der Waals surface area contributed by atoms with E-state index in [9.17, 15) is 8.42 Å². The third-order valence-corrected chi connectivity index (χ3v) is 14.2. The fourth-order valence-electron chi connectivity index (χ4n) is 9.57. The summed E-state index contributed by atoms with van der Waals surface area (Å²) in [5, 5.41) is 7.46. The molecule has 0 saturated carbocycles. The van der Waals surface area contributed by atoms with Crippen LogP contribution in [0.1, 0.15) is 83.9 Å². The van der Waals surface area contributed by atoms with Crippen LogP contribution in [0.4, 0.5) is 5.69 Å². The summed E-state index contributed by atoms with van der Waals surface area (Å²) in [6.07, 6.45) is 14.5. The van der Waals surface area contributed by atoms with Crippen LogP contribution in [0.25, 0.3) is 38.5 Å². The molecule has 1 aliphatic heterocycles. The van der Waals surface area contributed by atoms with E-state index < -0.39 is 9.84 Å². The lowest BCUT2D eigenvalue weighted by atomic mass is 10.00. The minimum Gasteiger partial charge on any atom is -0.338 e. The summed E-state index contributed by atoms with van der Waals surface area (Å²) in [7, 11) is -1.42. The van der Waals surface area contributed by atoms with Crippen molar-refractivity contribution in [2.24, 2.45) is 0 Å². The van der Waals surface area contributed by atoms with Crippen LogP contribution in [0.2, 0.25) is 0 Å². The lowest BCUT2D eigenvalue weighted by Crippen LogP contribution is -2.52. The molecule has 270 valence electrons. The highest BCUT2D eigenvalue weighted by Crippen LogP contribution is 2.51. The van der Waals surface area contributed by atoms with Gasteiger partial charge in [-0.25, -0.2) is 8.42 Å². The quantitative estimate of drug-likeness (QED) is 0.125. The second-order valence-electron chi connectivity index (χ2n) is 15.4. The summed E-state index contributed by atoms with van der Waals surface area (Å²) in [5.74, 6) is 0. The summed E-state index contributed by atoms with van der Waals surface area (Å²) >= 11 is 0. The maximum atomic E-state index is 14.7. The van der Waals surface area contributed by atoms with Gasteiger partial charge in [0, 0.05) is 33.2 Å². The summed E-state index contributed by atoms with van der Waals surface area (Å²) in [4.78, 5) is 0.802. The van der Waals surface area contributed by atoms with E-state index in [0.29, 0.717) is 34.7 Å². The van der Waals surface area contributed by atoms with Crippen LogP contribution >= 0.6 is 0 Å². The standard InChI is InChI=1S/C48H51N2O2S/c1-6-15-33(3)49-42(40-23-11-17-35-19-13-25-43(49)46(35)40)31-29-37-27-28-38(48(37)53(51,52)39-21-9-8-10-22-39)30-32-44-41-24-12-18-36-20-14-26-45(47(36)41)50(44,5)34(4)16-7-2/h8-14,17-26,29-34,44H,6-7,15-16,27-28H2,1-5H3/q+1. The Balaban J connectivity index is 1.31. The zero-order chi connectivity index (χ0) is 36.9. The fraction of sp³-hybridized carbons (Fsp3) is 0.292. The Morgan fingerprint density at radius 2 is 1.45 bits per heavy atom. The lowest BCUT2D eigenvalue weighted by molar-refractivity contribution is 0.217. The number of benzene rings is 5. The predicted molar refractivity (Wildman–Crippen MR) is 225 cm³/mol. The molecule has 8 rings (SSSR count). The molecule has 0 bridgehead atoms. The van der Waals surface area contributed by atoms with Crippen molar-refractivity contribution in [1.29, 1.82) is 0 Å². The molecule has 4 unspecified atom stereocenters. The molecule has 1 aliphatic carbocycles. The average molecular weight is 720 g/mol. The van der Waals surface area contributed by atoms with Crippen LogP contribution < -0.4 is 9.83 Å². The molecule has 4 nitrogen and oxygen atoms in total. The van der Waals surface area contributed by atoms with Gasteiger partial charge in [0.2, 0.25) is 9.84 Å². The maximum Gasteiger partial charge on any atom is 0.207 e. The van der Waals surface area contributed by atoms with Gasteiger partial charge in [-0.2, -0.15) is 0 Å². The van der Waals surface area contributed by atoms with Crippen LogP contribution in [0, 0.1) is 0 Å². The molecule has 0 radical (unpaired) electrons. The molecule has 2 aliphatic rings. The van der Waals surface area contributed by atoms with Gasteiger partial charge in [-0.3, -0.25) is 4.48 Å². The smallest absolute Gasteiger partial charge is 0.207 e. The van der Waals surface area contributed by atoms with Crippen molar-refractivity contribution in [3.8, 4) is 0 Å². The van der Waals surface area contributed by atoms with Crippen molar-refractivity contribution in [1.82, 2.24) is 9.05 Å². The van der Waals surface area contributed by atoms with Gasteiger partial charge in [0.15, 0.2) is 0 Å². The molecule has 6 aromatic rings. The number of likely N-dealkylation sites (N-methyl/N-ethyl adjacent to an activating group) is 1. The van der Waals surface area contributed by atoms with Crippen LogP contribution in [0.5, 0.6) is 0 Å². The van der Waals surface area contributed by atoms with Gasteiger partial charge in [-0.15, -0.1) is 0 Å². The van der Waals surface area contributed by atoms with Crippen LogP contribution in [-0.4, -0.2) is 26.1 Å². The van der Waals surface area contributed by atoms with Gasteiger partial charge in [-0.05, 0) is 97.9 Å². The van der Waals surface area contributed by atoms with E-state index in [1.165, 1.54) is 43.7 Å². The topological polar surface area (TPSA) is 39.1 Å². The third-order valence-electron chi connectivity index (χ3n) is 12.3. The monoisotopic (exact) mass is 719 g/mol. The normalized spacial score (nSPS) is 21.3. The highest BCUT2D eigenvalue weighted by atomic mass is 32.2. The number of quaternary nitrogens is 1. The van der Waals surface area contributed by atoms with Gasteiger partial charge in [0.1, 0.15) is 11.7 Å². The van der Waals surface area contributed by atoms with Crippen LogP contribution in [0.15, 0.2) is 142 Å². The minimum absolute atomic E-state index is 0.0760. The Kier molecular flexibility index (Phi) is 9.28. The molecule has 5 heteroatoms. The van der Waals surface area contributed by atoms with Crippen molar-refractivity contribution < 1.29 is 8.42 Å². The van der Waals surface area contributed by atoms with Gasteiger partial charge >= 0.3 is 0 Å². The third kappa shape index (κ3) is 5.71. The molecule has 2 heterocycles. The molecule has 5 aromatic carbocycles. The molecule has 1 aromatic heterocycles. The van der Waals surface area contributed by atoms with Gasteiger partial charge < -0.3 is 4.57 Å². The van der Waals surface area contributed by atoms with Crippen molar-refractivity contribution >= 4 is 54.0 Å². The molecule has 53 heavy (non-hydrogen) atoms. The van der Waals surface area contributed by atoms with Gasteiger partial charge in [0.25, 0.3) is 0 Å². The molecular formula is C48H51N2O2S+. The van der Waals surface area contributed by atoms with Crippen LogP contribution in [-0.2, 0) is 9.84 Å². The SMILES string of the molecule is CCCC(C)n1c(=CC=C2CCC(C=CC3c4cccc5cccc(c45)[N+]3(C)C(C)CCC)=C2S(=O)(=O)c2ccccc2)c2cccc3cccc1c32. The van der Waals surface area contributed by atoms with E-state index in [1.54, 1.807) is 12.1 Å². The number of hydrogen-bond donors (Lipinski definition) is 0. The highest BCUT2D eigenvalue weighted by molar-refractivity contribution is 7.95. The largest absolute Gasteiger partial charge is 0.338 e. The molecule has 0 saturated heterocycles. The number of aromatic nitrogens is 1. The zero-order valence-corrected chi connectivity index (χ0v) is 32.5. The zero-order valence-electron chi connectivity index (χ0n) is 31.7. The average Bonchev–Trinajstić information content (AvgIpc) is 3.81. The first-order chi connectivity index (χ1) is 25.7. The van der Waals surface area contributed by atoms with Crippen molar-refractivity contribution in [2.75, 3.05) is 7.05 Å². The maximum absolute atomic E-state index is 14.7. The van der Waals surface area contributed by atoms with Gasteiger partial charge in [-0.1, -0.05) is 118 Å². The molecular weight excluding hydrogens is 669 g/mol. The lowest BCUT2D eigenvalue weighted by Gasteiger charge is -2.41. The summed E-state index contributed by atoms with van der Waals surface area (Å²) in [6.45, 7) is 9.17. The Morgan fingerprint density at radius 1 is 0.774 bits per heavy atom. The predicted octanol–water partition coefficient (Wildman–Crippen LogP) is 11.7. The Hall–Kier alpha value is -4.71. The van der Waals surface area contributed by atoms with Crippen molar-refractivity contribution in [3.05, 3.63) is 148 Å². The Bertz CT molecular complexity index is 2600. The first kappa shape index (κ1) is 35.3. The second kappa shape index (κ2) is 13.9. The first-order valence-corrected chi connectivity index (χ1v) is 21.0.